The van der Waals surface area contributed by atoms with E-state index in [1.165, 1.54) is 0 Å². The van der Waals surface area contributed by atoms with Crippen molar-refractivity contribution in [2.75, 3.05) is 33.2 Å². The predicted molar refractivity (Wildman–Crippen MR) is 129 cm³/mol. The van der Waals surface area contributed by atoms with Crippen LogP contribution in [0.5, 0.6) is 0 Å². The van der Waals surface area contributed by atoms with Crippen LogP contribution < -0.4 is 10.6 Å². The summed E-state index contributed by atoms with van der Waals surface area (Å²) in [4.78, 5) is 14.6. The minimum atomic E-state index is -0.525. The Hall–Kier alpha value is -2.10. The summed E-state index contributed by atoms with van der Waals surface area (Å²) in [5.41, 5.74) is 1.20. The molecule has 0 aliphatic carbocycles. The number of benzene rings is 1. The summed E-state index contributed by atoms with van der Waals surface area (Å²) in [5.74, 6) is 0.662. The number of amides is 1. The topological polar surface area (TPSA) is 77.4 Å². The smallest absolute Gasteiger partial charge is 0.407 e. The molecule has 0 fully saturated rings. The monoisotopic (exact) mass is 432 g/mol. The molecule has 0 saturated carbocycles. The van der Waals surface area contributed by atoms with Crippen molar-refractivity contribution in [3.05, 3.63) is 35.4 Å². The van der Waals surface area contributed by atoms with E-state index in [0.717, 1.165) is 38.2 Å². The van der Waals surface area contributed by atoms with E-state index >= 15 is 0 Å². The molecule has 0 heterocycles. The number of nitrogens with one attached hydrogen (secondary N) is 2. The van der Waals surface area contributed by atoms with Gasteiger partial charge in [-0.3, -0.25) is 0 Å². The summed E-state index contributed by atoms with van der Waals surface area (Å²) in [6, 6.07) is 9.59. The number of ether oxygens (including phenoxy) is 1. The number of likely N-dealkylation sites (N-methyl/N-ethyl adjacent to an activating group) is 1. The second-order valence-corrected chi connectivity index (χ2v) is 9.05. The molecule has 6 heteroatoms. The zero-order chi connectivity index (χ0) is 23.9. The van der Waals surface area contributed by atoms with Gasteiger partial charge in [0.1, 0.15) is 5.60 Å². The second kappa shape index (κ2) is 15.7. The number of hydrogen-bond donors (Lipinski definition) is 2. The lowest BCUT2D eigenvalue weighted by Crippen LogP contribution is -2.42. The second-order valence-electron chi connectivity index (χ2n) is 9.05. The summed E-state index contributed by atoms with van der Waals surface area (Å²) in [6.45, 7) is 17.8. The zero-order valence-electron chi connectivity index (χ0n) is 20.9. The van der Waals surface area contributed by atoms with Gasteiger partial charge in [0.05, 0.1) is 11.6 Å². The maximum Gasteiger partial charge on any atom is 0.407 e. The van der Waals surface area contributed by atoms with E-state index in [4.69, 9.17) is 10.00 Å². The lowest BCUT2D eigenvalue weighted by Gasteiger charge is -2.24. The van der Waals surface area contributed by atoms with Gasteiger partial charge in [0.15, 0.2) is 0 Å². The number of carbonyl (C=O) groups excluding carboxylic acids is 1. The van der Waals surface area contributed by atoms with Gasteiger partial charge < -0.3 is 20.3 Å². The molecular formula is C25H44N4O2. The Morgan fingerprint density at radius 2 is 1.77 bits per heavy atom. The summed E-state index contributed by atoms with van der Waals surface area (Å²) < 4.78 is 5.42. The van der Waals surface area contributed by atoms with E-state index in [2.05, 4.69) is 42.5 Å². The van der Waals surface area contributed by atoms with E-state index in [1.807, 2.05) is 58.9 Å². The predicted octanol–water partition coefficient (Wildman–Crippen LogP) is 4.59. The van der Waals surface area contributed by atoms with Crippen molar-refractivity contribution in [2.45, 2.75) is 73.0 Å². The summed E-state index contributed by atoms with van der Waals surface area (Å²) >= 11 is 0. The molecule has 0 spiro atoms. The summed E-state index contributed by atoms with van der Waals surface area (Å²) in [5, 5.41) is 15.4. The molecule has 0 radical (unpaired) electrons. The fraction of sp³-hybridized carbons (Fsp3) is 0.680. The molecule has 1 atom stereocenters. The summed E-state index contributed by atoms with van der Waals surface area (Å²) in [6.07, 6.45) is 1.10. The minimum absolute atomic E-state index is 0.0429. The highest BCUT2D eigenvalue weighted by molar-refractivity contribution is 5.68. The third kappa shape index (κ3) is 15.4. The Bertz CT molecular complexity index is 645. The van der Waals surface area contributed by atoms with Crippen molar-refractivity contribution >= 4 is 6.09 Å². The van der Waals surface area contributed by atoms with Crippen LogP contribution in [0.15, 0.2) is 24.3 Å². The molecule has 1 amide bonds. The first-order valence-electron chi connectivity index (χ1n) is 11.5. The fourth-order valence-electron chi connectivity index (χ4n) is 3.09. The highest BCUT2D eigenvalue weighted by Gasteiger charge is 2.19. The highest BCUT2D eigenvalue weighted by Crippen LogP contribution is 2.11. The molecule has 176 valence electrons. The Balaban J connectivity index is 0.00000436. The lowest BCUT2D eigenvalue weighted by atomic mass is 10.0. The standard InChI is InChI=1S/C23H38N4O2.C2H6/c1-18(2)17-27(6)14-13-25-12-11-21(26-22(28)29-23(3,4)5)15-19-7-9-20(16-24)10-8-19;1-2/h7-10,18,21,25H,11-15,17H2,1-6H3,(H,26,28);1-2H3/t21-;/m0./s1. The third-order valence-corrected chi connectivity index (χ3v) is 4.30. The zero-order valence-corrected chi connectivity index (χ0v) is 20.9. The molecule has 2 N–H and O–H groups in total. The van der Waals surface area contributed by atoms with Crippen molar-refractivity contribution in [2.24, 2.45) is 5.92 Å². The lowest BCUT2D eigenvalue weighted by molar-refractivity contribution is 0.0502. The fourth-order valence-corrected chi connectivity index (χ4v) is 3.09. The first-order chi connectivity index (χ1) is 14.6. The van der Waals surface area contributed by atoms with Gasteiger partial charge >= 0.3 is 6.09 Å². The van der Waals surface area contributed by atoms with Crippen molar-refractivity contribution in [3.63, 3.8) is 0 Å². The largest absolute Gasteiger partial charge is 0.444 e. The van der Waals surface area contributed by atoms with Crippen LogP contribution in [0.25, 0.3) is 0 Å². The quantitative estimate of drug-likeness (QED) is 0.500. The van der Waals surface area contributed by atoms with Crippen LogP contribution in [-0.4, -0.2) is 55.9 Å². The van der Waals surface area contributed by atoms with Gasteiger partial charge in [0, 0.05) is 25.7 Å². The SMILES string of the molecule is CC.CC(C)CN(C)CCNCC[C@@H](Cc1ccc(C#N)cc1)NC(=O)OC(C)(C)C. The van der Waals surface area contributed by atoms with Crippen molar-refractivity contribution in [1.29, 1.82) is 5.26 Å². The molecule has 1 aromatic carbocycles. The molecule has 0 unspecified atom stereocenters. The Kier molecular flexibility index (Phi) is 14.6. The normalized spacial score (nSPS) is 12.0. The first-order valence-corrected chi connectivity index (χ1v) is 11.5. The molecule has 1 aromatic rings. The number of rotatable bonds is 11. The summed E-state index contributed by atoms with van der Waals surface area (Å²) in [7, 11) is 2.14. The van der Waals surface area contributed by atoms with Gasteiger partial charge in [-0.1, -0.05) is 39.8 Å². The Morgan fingerprint density at radius 1 is 1.16 bits per heavy atom. The van der Waals surface area contributed by atoms with Gasteiger partial charge in [-0.15, -0.1) is 0 Å². The molecule has 6 nitrogen and oxygen atoms in total. The van der Waals surface area contributed by atoms with Crippen molar-refractivity contribution < 1.29 is 9.53 Å². The number of nitrogens with zero attached hydrogens (tertiary/aromatic N) is 2. The van der Waals surface area contributed by atoms with Crippen LogP contribution in [0, 0.1) is 17.2 Å². The average molecular weight is 433 g/mol. The van der Waals surface area contributed by atoms with Gasteiger partial charge in [-0.05, 0) is 70.8 Å². The number of alkyl carbamates (subject to hydrolysis) is 1. The van der Waals surface area contributed by atoms with E-state index < -0.39 is 11.7 Å². The maximum atomic E-state index is 12.2. The van der Waals surface area contributed by atoms with E-state index in [0.29, 0.717) is 17.9 Å². The van der Waals surface area contributed by atoms with Crippen molar-refractivity contribution in [1.82, 2.24) is 15.5 Å². The molecule has 0 aliphatic heterocycles. The van der Waals surface area contributed by atoms with Gasteiger partial charge in [0.2, 0.25) is 0 Å². The third-order valence-electron chi connectivity index (χ3n) is 4.30. The van der Waals surface area contributed by atoms with Gasteiger partial charge in [-0.25, -0.2) is 4.79 Å². The molecular weight excluding hydrogens is 388 g/mol. The van der Waals surface area contributed by atoms with Crippen LogP contribution in [0.1, 0.15) is 66.0 Å². The first kappa shape index (κ1) is 28.9. The minimum Gasteiger partial charge on any atom is -0.444 e. The van der Waals surface area contributed by atoms with Gasteiger partial charge in [0.25, 0.3) is 0 Å². The van der Waals surface area contributed by atoms with Crippen molar-refractivity contribution in [3.8, 4) is 6.07 Å². The maximum absolute atomic E-state index is 12.2. The number of carbonyl (C=O) groups is 1. The molecule has 0 aromatic heterocycles. The molecule has 31 heavy (non-hydrogen) atoms. The average Bonchev–Trinajstić information content (AvgIpc) is 2.67. The van der Waals surface area contributed by atoms with Gasteiger partial charge in [-0.2, -0.15) is 5.26 Å². The van der Waals surface area contributed by atoms with E-state index in [-0.39, 0.29) is 6.04 Å². The van der Waals surface area contributed by atoms with Crippen LogP contribution in [0.2, 0.25) is 0 Å². The van der Waals surface area contributed by atoms with E-state index in [1.54, 1.807) is 0 Å². The molecule has 0 saturated heterocycles. The number of hydrogen-bond acceptors (Lipinski definition) is 5. The molecule has 0 bridgehead atoms. The molecule has 0 aliphatic rings. The molecule has 1 rings (SSSR count). The van der Waals surface area contributed by atoms with E-state index in [9.17, 15) is 4.79 Å². The number of nitriles is 1. The van der Waals surface area contributed by atoms with Crippen LogP contribution in [0.4, 0.5) is 4.79 Å². The van der Waals surface area contributed by atoms with Crippen LogP contribution in [-0.2, 0) is 11.2 Å². The Morgan fingerprint density at radius 3 is 2.29 bits per heavy atom. The van der Waals surface area contributed by atoms with Crippen LogP contribution in [0.3, 0.4) is 0 Å². The Labute approximate surface area is 190 Å². The van der Waals surface area contributed by atoms with Crippen LogP contribution >= 0.6 is 0 Å². The highest BCUT2D eigenvalue weighted by atomic mass is 16.6.